The minimum atomic E-state index is -0.145. The van der Waals surface area contributed by atoms with Crippen LogP contribution >= 0.6 is 0 Å². The lowest BCUT2D eigenvalue weighted by Crippen LogP contribution is -2.37. The van der Waals surface area contributed by atoms with Crippen LogP contribution in [0.4, 0.5) is 5.69 Å². The van der Waals surface area contributed by atoms with Crippen molar-refractivity contribution in [2.24, 2.45) is 17.8 Å². The lowest BCUT2D eigenvalue weighted by atomic mass is 9.74. The van der Waals surface area contributed by atoms with Crippen LogP contribution in [0.3, 0.4) is 0 Å². The Morgan fingerprint density at radius 2 is 1.95 bits per heavy atom. The summed E-state index contributed by atoms with van der Waals surface area (Å²) in [6, 6.07) is 6.58. The van der Waals surface area contributed by atoms with E-state index in [0.717, 1.165) is 28.6 Å². The van der Waals surface area contributed by atoms with Gasteiger partial charge in [-0.2, -0.15) is 0 Å². The predicted molar refractivity (Wildman–Crippen MR) is 87.7 cm³/mol. The van der Waals surface area contributed by atoms with E-state index in [9.17, 15) is 4.79 Å². The van der Waals surface area contributed by atoms with Gasteiger partial charge in [0.25, 0.3) is 0 Å². The minimum Gasteiger partial charge on any atom is -0.382 e. The van der Waals surface area contributed by atoms with Crippen molar-refractivity contribution >= 4 is 16.7 Å². The molecule has 1 aliphatic rings. The summed E-state index contributed by atoms with van der Waals surface area (Å²) in [7, 11) is 0. The molecule has 1 saturated carbocycles. The van der Waals surface area contributed by atoms with Gasteiger partial charge in [0.2, 0.25) is 0 Å². The van der Waals surface area contributed by atoms with Gasteiger partial charge in [-0.15, -0.1) is 0 Å². The lowest BCUT2D eigenvalue weighted by molar-refractivity contribution is 0.212. The second-order valence-corrected chi connectivity index (χ2v) is 6.92. The highest BCUT2D eigenvalue weighted by atomic mass is 16.1. The van der Waals surface area contributed by atoms with Crippen molar-refractivity contribution in [2.45, 2.75) is 46.1 Å². The second kappa shape index (κ2) is 5.58. The van der Waals surface area contributed by atoms with Crippen molar-refractivity contribution in [3.05, 3.63) is 28.7 Å². The quantitative estimate of drug-likeness (QED) is 0.805. The molecule has 2 aromatic rings. The van der Waals surface area contributed by atoms with Gasteiger partial charge in [0.15, 0.2) is 0 Å². The summed E-state index contributed by atoms with van der Waals surface area (Å²) in [6.07, 6.45) is 3.87. The van der Waals surface area contributed by atoms with Crippen molar-refractivity contribution in [1.82, 2.24) is 9.97 Å². The van der Waals surface area contributed by atoms with Crippen LogP contribution in [-0.2, 0) is 0 Å². The molecule has 0 radical (unpaired) electrons. The average molecular weight is 287 g/mol. The zero-order chi connectivity index (χ0) is 15.0. The molecular formula is C17H25N3O. The van der Waals surface area contributed by atoms with Crippen LogP contribution in [0.2, 0.25) is 0 Å². The Bertz CT molecular complexity index is 670. The van der Waals surface area contributed by atoms with Crippen LogP contribution < -0.4 is 11.0 Å². The molecule has 21 heavy (non-hydrogen) atoms. The normalized spacial score (nSPS) is 26.4. The summed E-state index contributed by atoms with van der Waals surface area (Å²) in [5.41, 5.74) is 2.69. The summed E-state index contributed by atoms with van der Waals surface area (Å²) in [6.45, 7) is 6.99. The highest BCUT2D eigenvalue weighted by Crippen LogP contribution is 2.35. The number of fused-ring (bicyclic) bond motifs is 1. The fourth-order valence-corrected chi connectivity index (χ4v) is 3.70. The van der Waals surface area contributed by atoms with Crippen molar-refractivity contribution < 1.29 is 0 Å². The maximum Gasteiger partial charge on any atom is 0.323 e. The third-order valence-electron chi connectivity index (χ3n) is 4.89. The maximum atomic E-state index is 11.3. The number of H-pyrrole nitrogens is 2. The van der Waals surface area contributed by atoms with Gasteiger partial charge in [-0.05, 0) is 48.8 Å². The number of anilines is 1. The summed E-state index contributed by atoms with van der Waals surface area (Å²) in [4.78, 5) is 17.0. The first-order valence-electron chi connectivity index (χ1n) is 8.01. The molecule has 114 valence electrons. The van der Waals surface area contributed by atoms with Gasteiger partial charge in [-0.3, -0.25) is 0 Å². The summed E-state index contributed by atoms with van der Waals surface area (Å²) in [5, 5.41) is 3.71. The van der Waals surface area contributed by atoms with E-state index in [1.54, 1.807) is 0 Å². The van der Waals surface area contributed by atoms with Gasteiger partial charge >= 0.3 is 5.69 Å². The molecule has 1 fully saturated rings. The molecule has 3 atom stereocenters. The van der Waals surface area contributed by atoms with E-state index < -0.39 is 0 Å². The number of imidazole rings is 1. The zero-order valence-corrected chi connectivity index (χ0v) is 13.1. The van der Waals surface area contributed by atoms with Crippen LogP contribution in [0.5, 0.6) is 0 Å². The van der Waals surface area contributed by atoms with Gasteiger partial charge in [0.05, 0.1) is 11.0 Å². The van der Waals surface area contributed by atoms with Crippen LogP contribution in [0, 0.1) is 17.8 Å². The molecule has 1 aromatic carbocycles. The standard InChI is InChI=1S/C17H25N3O/c1-10(2)13-6-4-11(3)8-15(13)18-12-5-7-14-16(9-12)20-17(21)19-14/h5,7,9-11,13,15,18H,4,6,8H2,1-3H3,(H2,19,20,21). The van der Waals surface area contributed by atoms with Gasteiger partial charge in [0.1, 0.15) is 0 Å². The molecule has 1 heterocycles. The predicted octanol–water partition coefficient (Wildman–Crippen LogP) is 3.73. The van der Waals surface area contributed by atoms with E-state index >= 15 is 0 Å². The number of aromatic amines is 2. The van der Waals surface area contributed by atoms with E-state index in [1.165, 1.54) is 19.3 Å². The summed E-state index contributed by atoms with van der Waals surface area (Å²) < 4.78 is 0. The molecule has 0 aliphatic heterocycles. The molecule has 3 N–H and O–H groups in total. The Hall–Kier alpha value is -1.71. The van der Waals surface area contributed by atoms with Crippen LogP contribution in [0.15, 0.2) is 23.0 Å². The summed E-state index contributed by atoms with van der Waals surface area (Å²) in [5.74, 6) is 2.21. The fourth-order valence-electron chi connectivity index (χ4n) is 3.70. The molecule has 1 aromatic heterocycles. The van der Waals surface area contributed by atoms with Crippen molar-refractivity contribution in [1.29, 1.82) is 0 Å². The van der Waals surface area contributed by atoms with Crippen LogP contribution in [0.25, 0.3) is 11.0 Å². The van der Waals surface area contributed by atoms with Gasteiger partial charge < -0.3 is 15.3 Å². The molecule has 0 amide bonds. The topological polar surface area (TPSA) is 60.7 Å². The fraction of sp³-hybridized carbons (Fsp3) is 0.588. The van der Waals surface area contributed by atoms with Crippen LogP contribution in [-0.4, -0.2) is 16.0 Å². The van der Waals surface area contributed by atoms with E-state index in [4.69, 9.17) is 0 Å². The molecule has 0 bridgehead atoms. The molecule has 0 saturated heterocycles. The third-order valence-corrected chi connectivity index (χ3v) is 4.89. The van der Waals surface area contributed by atoms with Gasteiger partial charge in [-0.1, -0.05) is 27.2 Å². The third kappa shape index (κ3) is 2.99. The Labute approximate surface area is 125 Å². The highest BCUT2D eigenvalue weighted by molar-refractivity contribution is 5.78. The van der Waals surface area contributed by atoms with E-state index in [2.05, 4.69) is 42.1 Å². The average Bonchev–Trinajstić information content (AvgIpc) is 2.77. The van der Waals surface area contributed by atoms with E-state index in [-0.39, 0.29) is 5.69 Å². The molecular weight excluding hydrogens is 262 g/mol. The van der Waals surface area contributed by atoms with Crippen molar-refractivity contribution in [3.8, 4) is 0 Å². The number of hydrogen-bond acceptors (Lipinski definition) is 2. The van der Waals surface area contributed by atoms with Crippen molar-refractivity contribution in [2.75, 3.05) is 5.32 Å². The number of rotatable bonds is 3. The Morgan fingerprint density at radius 1 is 1.19 bits per heavy atom. The molecule has 4 heteroatoms. The largest absolute Gasteiger partial charge is 0.382 e. The molecule has 1 aliphatic carbocycles. The molecule has 3 unspecified atom stereocenters. The number of hydrogen-bond donors (Lipinski definition) is 3. The molecule has 3 rings (SSSR count). The van der Waals surface area contributed by atoms with Crippen LogP contribution in [0.1, 0.15) is 40.0 Å². The Morgan fingerprint density at radius 3 is 2.71 bits per heavy atom. The SMILES string of the molecule is CC1CCC(C(C)C)C(Nc2ccc3[nH]c(=O)[nH]c3c2)C1. The lowest BCUT2D eigenvalue weighted by Gasteiger charge is -2.38. The smallest absolute Gasteiger partial charge is 0.323 e. The molecule has 0 spiro atoms. The second-order valence-electron chi connectivity index (χ2n) is 6.92. The highest BCUT2D eigenvalue weighted by Gasteiger charge is 2.30. The first-order valence-corrected chi connectivity index (χ1v) is 8.01. The van der Waals surface area contributed by atoms with Gasteiger partial charge in [0, 0.05) is 11.7 Å². The summed E-state index contributed by atoms with van der Waals surface area (Å²) >= 11 is 0. The first-order chi connectivity index (χ1) is 10.0. The number of aromatic nitrogens is 2. The Balaban J connectivity index is 1.82. The van der Waals surface area contributed by atoms with E-state index in [1.807, 2.05) is 12.1 Å². The molecule has 4 nitrogen and oxygen atoms in total. The van der Waals surface area contributed by atoms with Gasteiger partial charge in [-0.25, -0.2) is 4.79 Å². The Kier molecular flexibility index (Phi) is 3.79. The monoisotopic (exact) mass is 287 g/mol. The first kappa shape index (κ1) is 14.2. The van der Waals surface area contributed by atoms with Crippen molar-refractivity contribution in [3.63, 3.8) is 0 Å². The van der Waals surface area contributed by atoms with E-state index in [0.29, 0.717) is 12.0 Å². The number of nitrogens with one attached hydrogen (secondary N) is 3. The maximum absolute atomic E-state index is 11.3. The minimum absolute atomic E-state index is 0.145. The zero-order valence-electron chi connectivity index (χ0n) is 13.1. The number of benzene rings is 1.